The van der Waals surface area contributed by atoms with Crippen molar-refractivity contribution in [1.29, 1.82) is 0 Å². The number of benzene rings is 2. The van der Waals surface area contributed by atoms with E-state index >= 15 is 0 Å². The highest BCUT2D eigenvalue weighted by atomic mass is 19.1. The molecular formula is C16H12FNO3. The van der Waals surface area contributed by atoms with Gasteiger partial charge in [0.15, 0.2) is 0 Å². The van der Waals surface area contributed by atoms with E-state index in [2.05, 4.69) is 0 Å². The number of carbonyl (C=O) groups excluding carboxylic acids is 2. The number of aliphatic hydroxyl groups is 1. The lowest BCUT2D eigenvalue weighted by molar-refractivity contribution is -0.114. The summed E-state index contributed by atoms with van der Waals surface area (Å²) in [6.07, 6.45) is 0. The van der Waals surface area contributed by atoms with Crippen LogP contribution in [0.2, 0.25) is 0 Å². The van der Waals surface area contributed by atoms with Crippen molar-refractivity contribution in [3.05, 3.63) is 65.0 Å². The number of Topliss-reactive ketones (excluding diaryl/α,β-unsaturated/α-hetero) is 1. The zero-order valence-corrected chi connectivity index (χ0v) is 11.0. The molecule has 0 radical (unpaired) electrons. The van der Waals surface area contributed by atoms with Gasteiger partial charge >= 0.3 is 0 Å². The van der Waals surface area contributed by atoms with Crippen molar-refractivity contribution in [1.82, 2.24) is 0 Å². The molecule has 0 aromatic heterocycles. The molecule has 1 heterocycles. The number of anilines is 1. The number of nitrogens with zero attached hydrogens (tertiary/aromatic N) is 1. The molecule has 1 N–H and O–H groups in total. The zero-order chi connectivity index (χ0) is 15.0. The zero-order valence-electron chi connectivity index (χ0n) is 11.0. The summed E-state index contributed by atoms with van der Waals surface area (Å²) < 4.78 is 13.2. The van der Waals surface area contributed by atoms with Gasteiger partial charge in [-0.3, -0.25) is 9.59 Å². The summed E-state index contributed by atoms with van der Waals surface area (Å²) in [7, 11) is 0. The highest BCUT2D eigenvalue weighted by Crippen LogP contribution is 2.30. The van der Waals surface area contributed by atoms with Crippen LogP contribution in [0.25, 0.3) is 0 Å². The van der Waals surface area contributed by atoms with Crippen molar-refractivity contribution in [2.75, 3.05) is 4.90 Å². The van der Waals surface area contributed by atoms with Crippen molar-refractivity contribution in [3.8, 4) is 0 Å². The third-order valence-electron chi connectivity index (χ3n) is 3.48. The first-order chi connectivity index (χ1) is 10.1. The van der Waals surface area contributed by atoms with E-state index in [4.69, 9.17) is 5.11 Å². The van der Waals surface area contributed by atoms with Crippen molar-refractivity contribution in [3.63, 3.8) is 0 Å². The molecule has 1 aliphatic heterocycles. The van der Waals surface area contributed by atoms with Crippen molar-refractivity contribution in [2.24, 2.45) is 0 Å². The average Bonchev–Trinajstić information content (AvgIpc) is 2.73. The second-order valence-electron chi connectivity index (χ2n) is 4.86. The van der Waals surface area contributed by atoms with Gasteiger partial charge in [-0.05, 0) is 29.3 Å². The Morgan fingerprint density at radius 3 is 2.33 bits per heavy atom. The van der Waals surface area contributed by atoms with Gasteiger partial charge in [0.1, 0.15) is 5.82 Å². The molecule has 1 aliphatic rings. The smallest absolute Gasteiger partial charge is 0.299 e. The van der Waals surface area contributed by atoms with Crippen LogP contribution in [0.5, 0.6) is 0 Å². The minimum Gasteiger partial charge on any atom is -0.392 e. The van der Waals surface area contributed by atoms with Gasteiger partial charge in [-0.15, -0.1) is 0 Å². The van der Waals surface area contributed by atoms with Crippen molar-refractivity contribution >= 4 is 17.4 Å². The van der Waals surface area contributed by atoms with Gasteiger partial charge in [-0.2, -0.15) is 0 Å². The third-order valence-corrected chi connectivity index (χ3v) is 3.48. The van der Waals surface area contributed by atoms with Crippen LogP contribution in [-0.4, -0.2) is 16.8 Å². The molecule has 0 saturated carbocycles. The van der Waals surface area contributed by atoms with Gasteiger partial charge in [0.05, 0.1) is 24.4 Å². The van der Waals surface area contributed by atoms with Crippen LogP contribution < -0.4 is 4.90 Å². The average molecular weight is 285 g/mol. The summed E-state index contributed by atoms with van der Waals surface area (Å²) >= 11 is 0. The van der Waals surface area contributed by atoms with Crippen LogP contribution in [-0.2, 0) is 17.9 Å². The topological polar surface area (TPSA) is 57.6 Å². The Kier molecular flexibility index (Phi) is 3.27. The number of rotatable bonds is 3. The number of ketones is 1. The second kappa shape index (κ2) is 5.10. The van der Waals surface area contributed by atoms with E-state index in [1.165, 1.54) is 17.0 Å². The van der Waals surface area contributed by atoms with E-state index in [0.717, 1.165) is 17.2 Å². The maximum atomic E-state index is 13.2. The minimum absolute atomic E-state index is 0.0521. The molecule has 3 rings (SSSR count). The van der Waals surface area contributed by atoms with E-state index in [1.54, 1.807) is 24.3 Å². The largest absolute Gasteiger partial charge is 0.392 e. The predicted molar refractivity (Wildman–Crippen MR) is 74.3 cm³/mol. The molecule has 0 atom stereocenters. The fourth-order valence-corrected chi connectivity index (χ4v) is 2.36. The first kappa shape index (κ1) is 13.5. The predicted octanol–water partition coefficient (Wildman–Crippen LogP) is 2.05. The van der Waals surface area contributed by atoms with Gasteiger partial charge < -0.3 is 10.0 Å². The van der Waals surface area contributed by atoms with Crippen molar-refractivity contribution < 1.29 is 19.1 Å². The molecule has 0 spiro atoms. The van der Waals surface area contributed by atoms with E-state index in [-0.39, 0.29) is 18.7 Å². The van der Waals surface area contributed by atoms with Crippen LogP contribution in [0.3, 0.4) is 0 Å². The number of aliphatic hydroxyl groups excluding tert-OH is 1. The molecule has 1 amide bonds. The van der Waals surface area contributed by atoms with Gasteiger partial charge in [0, 0.05) is 0 Å². The normalized spacial score (nSPS) is 13.7. The molecule has 2 aromatic rings. The number of carbonyl (C=O) groups is 2. The SMILES string of the molecule is O=C1C(=O)N(Cc2ccc(CO)cc2)c2ccc(F)cc21. The Bertz CT molecular complexity index is 725. The first-order valence-corrected chi connectivity index (χ1v) is 6.44. The summed E-state index contributed by atoms with van der Waals surface area (Å²) in [5, 5.41) is 9.00. The van der Waals surface area contributed by atoms with Crippen molar-refractivity contribution in [2.45, 2.75) is 13.2 Å². The van der Waals surface area contributed by atoms with Gasteiger partial charge in [0.25, 0.3) is 11.7 Å². The molecule has 0 bridgehead atoms. The highest BCUT2D eigenvalue weighted by Gasteiger charge is 2.35. The number of hydrogen-bond acceptors (Lipinski definition) is 3. The Labute approximate surface area is 120 Å². The van der Waals surface area contributed by atoms with E-state index in [0.29, 0.717) is 5.69 Å². The van der Waals surface area contributed by atoms with Crippen LogP contribution in [0, 0.1) is 5.82 Å². The monoisotopic (exact) mass is 285 g/mol. The van der Waals surface area contributed by atoms with E-state index < -0.39 is 17.5 Å². The lowest BCUT2D eigenvalue weighted by Gasteiger charge is -2.16. The molecule has 0 unspecified atom stereocenters. The van der Waals surface area contributed by atoms with Gasteiger partial charge in [-0.25, -0.2) is 4.39 Å². The highest BCUT2D eigenvalue weighted by molar-refractivity contribution is 6.52. The van der Waals surface area contributed by atoms with Crippen LogP contribution in [0.15, 0.2) is 42.5 Å². The fraction of sp³-hybridized carbons (Fsp3) is 0.125. The molecule has 21 heavy (non-hydrogen) atoms. The lowest BCUT2D eigenvalue weighted by Crippen LogP contribution is -2.29. The van der Waals surface area contributed by atoms with Crippen LogP contribution >= 0.6 is 0 Å². The quantitative estimate of drug-likeness (QED) is 0.878. The number of fused-ring (bicyclic) bond motifs is 1. The Hall–Kier alpha value is -2.53. The Morgan fingerprint density at radius 1 is 1.00 bits per heavy atom. The van der Waals surface area contributed by atoms with Gasteiger partial charge in [-0.1, -0.05) is 24.3 Å². The Morgan fingerprint density at radius 2 is 1.67 bits per heavy atom. The Balaban J connectivity index is 1.92. The standard InChI is InChI=1S/C16H12FNO3/c17-12-5-6-14-13(7-12)15(20)16(21)18(14)8-10-1-3-11(9-19)4-2-10/h1-7,19H,8-9H2. The van der Waals surface area contributed by atoms with Crippen LogP contribution in [0.4, 0.5) is 10.1 Å². The molecular weight excluding hydrogens is 273 g/mol. The summed E-state index contributed by atoms with van der Waals surface area (Å²) in [4.78, 5) is 25.2. The van der Waals surface area contributed by atoms with E-state index in [1.807, 2.05) is 0 Å². The summed E-state index contributed by atoms with van der Waals surface area (Å²) in [6.45, 7) is 0.179. The molecule has 0 fully saturated rings. The first-order valence-electron chi connectivity index (χ1n) is 6.44. The number of halogens is 1. The number of amides is 1. The summed E-state index contributed by atoms with van der Waals surface area (Å²) in [5.41, 5.74) is 2.13. The molecule has 2 aromatic carbocycles. The third kappa shape index (κ3) is 2.32. The molecule has 4 nitrogen and oxygen atoms in total. The lowest BCUT2D eigenvalue weighted by atomic mass is 10.1. The summed E-state index contributed by atoms with van der Waals surface area (Å²) in [5.74, 6) is -1.87. The second-order valence-corrected chi connectivity index (χ2v) is 4.86. The molecule has 0 saturated heterocycles. The maximum absolute atomic E-state index is 13.2. The minimum atomic E-state index is -0.684. The fourth-order valence-electron chi connectivity index (χ4n) is 2.36. The molecule has 106 valence electrons. The van der Waals surface area contributed by atoms with Crippen LogP contribution in [0.1, 0.15) is 21.5 Å². The summed E-state index contributed by atoms with van der Waals surface area (Å²) in [6, 6.07) is 10.8. The molecule has 0 aliphatic carbocycles. The number of hydrogen-bond donors (Lipinski definition) is 1. The molecule has 5 heteroatoms. The van der Waals surface area contributed by atoms with Gasteiger partial charge in [0.2, 0.25) is 0 Å². The van der Waals surface area contributed by atoms with E-state index in [9.17, 15) is 14.0 Å². The maximum Gasteiger partial charge on any atom is 0.299 e.